The maximum Gasteiger partial charge on any atom is 0.169 e. The van der Waals surface area contributed by atoms with E-state index in [1.165, 1.54) is 6.07 Å². The van der Waals surface area contributed by atoms with E-state index in [1.807, 2.05) is 44.0 Å². The number of rotatable bonds is 5. The molecular weight excluding hydrogens is 323 g/mol. The first kappa shape index (κ1) is 14.9. The van der Waals surface area contributed by atoms with Crippen molar-refractivity contribution >= 4 is 27.3 Å². The Morgan fingerprint density at radius 1 is 1.30 bits per heavy atom. The van der Waals surface area contributed by atoms with Gasteiger partial charge < -0.3 is 14.6 Å². The molecule has 2 aromatic rings. The van der Waals surface area contributed by atoms with E-state index in [2.05, 4.69) is 21.2 Å². The molecule has 0 bridgehead atoms. The Labute approximate surface area is 126 Å². The Morgan fingerprint density at radius 2 is 2.05 bits per heavy atom. The van der Waals surface area contributed by atoms with Crippen LogP contribution in [0.25, 0.3) is 0 Å². The van der Waals surface area contributed by atoms with Crippen LogP contribution < -0.4 is 10.2 Å². The summed E-state index contributed by atoms with van der Waals surface area (Å²) in [7, 11) is 1.89. The lowest BCUT2D eigenvalue weighted by Gasteiger charge is -2.24. The molecule has 0 amide bonds. The highest BCUT2D eigenvalue weighted by atomic mass is 79.9. The summed E-state index contributed by atoms with van der Waals surface area (Å²) in [5.41, 5.74) is 1.34. The van der Waals surface area contributed by atoms with Crippen LogP contribution in [0, 0.1) is 5.82 Å². The van der Waals surface area contributed by atoms with Crippen LogP contribution in [0.5, 0.6) is 0 Å². The van der Waals surface area contributed by atoms with E-state index in [0.717, 1.165) is 11.4 Å². The Kier molecular flexibility index (Phi) is 4.70. The van der Waals surface area contributed by atoms with Gasteiger partial charge in [0.1, 0.15) is 11.6 Å². The third-order valence-corrected chi connectivity index (χ3v) is 3.62. The smallest absolute Gasteiger partial charge is 0.169 e. The third kappa shape index (κ3) is 3.54. The summed E-state index contributed by atoms with van der Waals surface area (Å²) in [5, 5.41) is 3.14. The molecule has 0 aliphatic carbocycles. The average molecular weight is 341 g/mol. The highest BCUT2D eigenvalue weighted by molar-refractivity contribution is 9.10. The molecule has 1 aromatic carbocycles. The Hall–Kier alpha value is -1.49. The van der Waals surface area contributed by atoms with Crippen molar-refractivity contribution in [2.75, 3.05) is 17.3 Å². The van der Waals surface area contributed by atoms with Crippen molar-refractivity contribution in [3.8, 4) is 0 Å². The quantitative estimate of drug-likeness (QED) is 0.859. The van der Waals surface area contributed by atoms with Gasteiger partial charge in [0.25, 0.3) is 0 Å². The van der Waals surface area contributed by atoms with Crippen LogP contribution >= 0.6 is 15.9 Å². The zero-order valence-electron chi connectivity index (χ0n) is 11.8. The fourth-order valence-corrected chi connectivity index (χ4v) is 2.16. The number of halogens is 2. The van der Waals surface area contributed by atoms with E-state index in [0.29, 0.717) is 16.9 Å². The van der Waals surface area contributed by atoms with Crippen LogP contribution in [0.2, 0.25) is 0 Å². The van der Waals surface area contributed by atoms with E-state index in [9.17, 15) is 4.39 Å². The van der Waals surface area contributed by atoms with Crippen LogP contribution in [-0.4, -0.2) is 13.1 Å². The van der Waals surface area contributed by atoms with Gasteiger partial charge in [0.05, 0.1) is 12.2 Å². The van der Waals surface area contributed by atoms with Gasteiger partial charge in [0.15, 0.2) is 4.67 Å². The zero-order valence-corrected chi connectivity index (χ0v) is 13.4. The molecule has 0 radical (unpaired) electrons. The number of hydrogen-bond donors (Lipinski definition) is 1. The first-order valence-electron chi connectivity index (χ1n) is 6.48. The van der Waals surface area contributed by atoms with Crippen LogP contribution in [-0.2, 0) is 6.54 Å². The Bertz CT molecular complexity index is 583. The Morgan fingerprint density at radius 3 is 2.60 bits per heavy atom. The van der Waals surface area contributed by atoms with Crippen LogP contribution in [0.4, 0.5) is 15.8 Å². The monoisotopic (exact) mass is 340 g/mol. The van der Waals surface area contributed by atoms with Crippen molar-refractivity contribution in [1.82, 2.24) is 0 Å². The van der Waals surface area contributed by atoms with Gasteiger partial charge >= 0.3 is 0 Å². The van der Waals surface area contributed by atoms with Crippen molar-refractivity contribution in [1.29, 1.82) is 0 Å². The molecule has 2 rings (SSSR count). The summed E-state index contributed by atoms with van der Waals surface area (Å²) in [6, 6.07) is 9.12. The maximum absolute atomic E-state index is 14.1. The summed E-state index contributed by atoms with van der Waals surface area (Å²) in [6.07, 6.45) is 0. The molecule has 0 spiro atoms. The minimum absolute atomic E-state index is 0.230. The minimum Gasteiger partial charge on any atom is -0.452 e. The van der Waals surface area contributed by atoms with Crippen molar-refractivity contribution in [3.63, 3.8) is 0 Å². The van der Waals surface area contributed by atoms with Crippen LogP contribution in [0.3, 0.4) is 0 Å². The summed E-state index contributed by atoms with van der Waals surface area (Å²) in [6.45, 7) is 4.57. The van der Waals surface area contributed by atoms with Gasteiger partial charge in [-0.2, -0.15) is 0 Å². The topological polar surface area (TPSA) is 28.4 Å². The van der Waals surface area contributed by atoms with Gasteiger partial charge in [0, 0.05) is 18.8 Å². The van der Waals surface area contributed by atoms with Gasteiger partial charge in [-0.15, -0.1) is 0 Å². The molecule has 0 saturated heterocycles. The molecule has 20 heavy (non-hydrogen) atoms. The largest absolute Gasteiger partial charge is 0.452 e. The molecule has 108 valence electrons. The molecule has 3 nitrogen and oxygen atoms in total. The van der Waals surface area contributed by atoms with Crippen molar-refractivity contribution in [3.05, 3.63) is 46.6 Å². The predicted octanol–water partition coefficient (Wildman–Crippen LogP) is 4.64. The summed E-state index contributed by atoms with van der Waals surface area (Å²) in [5.74, 6) is 0.562. The fourth-order valence-electron chi connectivity index (χ4n) is 1.82. The van der Waals surface area contributed by atoms with Crippen LogP contribution in [0.1, 0.15) is 19.6 Å². The minimum atomic E-state index is -0.230. The second-order valence-corrected chi connectivity index (χ2v) is 5.71. The number of anilines is 2. The average Bonchev–Trinajstić information content (AvgIpc) is 2.81. The third-order valence-electron chi connectivity index (χ3n) is 3.20. The van der Waals surface area contributed by atoms with E-state index < -0.39 is 0 Å². The maximum atomic E-state index is 14.1. The normalized spacial score (nSPS) is 10.9. The lowest BCUT2D eigenvalue weighted by molar-refractivity contribution is 0.495. The molecule has 0 aliphatic heterocycles. The number of benzene rings is 1. The molecule has 5 heteroatoms. The first-order chi connectivity index (χ1) is 9.47. The Balaban J connectivity index is 2.05. The summed E-state index contributed by atoms with van der Waals surface area (Å²) in [4.78, 5) is 1.91. The molecule has 0 fully saturated rings. The molecule has 0 aliphatic rings. The fraction of sp³-hybridized carbons (Fsp3) is 0.333. The predicted molar refractivity (Wildman–Crippen MR) is 83.7 cm³/mol. The molecule has 1 N–H and O–H groups in total. The standard InChI is InChI=1S/C15H18BrFN2O/c1-10(2)19(3)14-6-4-11(8-13(14)17)18-9-12-5-7-15(16)20-12/h4-8,10,18H,9H2,1-3H3. The molecular formula is C15H18BrFN2O. The van der Waals surface area contributed by atoms with Crippen molar-refractivity contribution in [2.45, 2.75) is 26.4 Å². The van der Waals surface area contributed by atoms with Gasteiger partial charge in [-0.05, 0) is 60.1 Å². The second-order valence-electron chi connectivity index (χ2n) is 4.93. The lowest BCUT2D eigenvalue weighted by Crippen LogP contribution is -2.26. The highest BCUT2D eigenvalue weighted by Gasteiger charge is 2.11. The van der Waals surface area contributed by atoms with E-state index in [4.69, 9.17) is 4.42 Å². The molecule has 0 atom stereocenters. The number of furan rings is 1. The zero-order chi connectivity index (χ0) is 14.7. The highest BCUT2D eigenvalue weighted by Crippen LogP contribution is 2.24. The van der Waals surface area contributed by atoms with Gasteiger partial charge in [-0.25, -0.2) is 4.39 Å². The number of hydrogen-bond acceptors (Lipinski definition) is 3. The van der Waals surface area contributed by atoms with Crippen molar-refractivity contribution in [2.24, 2.45) is 0 Å². The van der Waals surface area contributed by atoms with Gasteiger partial charge in [-0.3, -0.25) is 0 Å². The van der Waals surface area contributed by atoms with E-state index in [1.54, 1.807) is 6.07 Å². The molecule has 1 heterocycles. The molecule has 0 unspecified atom stereocenters. The lowest BCUT2D eigenvalue weighted by atomic mass is 10.2. The van der Waals surface area contributed by atoms with Crippen LogP contribution in [0.15, 0.2) is 39.4 Å². The summed E-state index contributed by atoms with van der Waals surface area (Å²) < 4.78 is 20.1. The van der Waals surface area contributed by atoms with Gasteiger partial charge in [0.2, 0.25) is 0 Å². The first-order valence-corrected chi connectivity index (χ1v) is 7.27. The van der Waals surface area contributed by atoms with E-state index >= 15 is 0 Å². The molecule has 1 aromatic heterocycles. The van der Waals surface area contributed by atoms with Crippen molar-refractivity contribution < 1.29 is 8.81 Å². The van der Waals surface area contributed by atoms with E-state index in [-0.39, 0.29) is 11.9 Å². The second kappa shape index (κ2) is 6.31. The molecule has 0 saturated carbocycles. The summed E-state index contributed by atoms with van der Waals surface area (Å²) >= 11 is 3.25. The SMILES string of the molecule is CC(C)N(C)c1ccc(NCc2ccc(Br)o2)cc1F. The number of nitrogens with one attached hydrogen (secondary N) is 1. The number of nitrogens with zero attached hydrogens (tertiary/aromatic N) is 1. The van der Waals surface area contributed by atoms with Gasteiger partial charge in [-0.1, -0.05) is 0 Å².